The number of hydrogen-bond donors (Lipinski definition) is 10. The summed E-state index contributed by atoms with van der Waals surface area (Å²) in [7, 11) is 0. The van der Waals surface area contributed by atoms with Gasteiger partial charge in [0.05, 0.1) is 43.7 Å². The van der Waals surface area contributed by atoms with Gasteiger partial charge in [0.1, 0.15) is 79.4 Å². The molecule has 406 valence electrons. The number of aliphatic hydroxyl groups excluding tert-OH is 10. The summed E-state index contributed by atoms with van der Waals surface area (Å²) in [5, 5.41) is 109. The monoisotopic (exact) mass is 1010 g/mol. The fourth-order valence-electron chi connectivity index (χ4n) is 15.4. The SMILES string of the molecule is CC1CC[C@@]2(OC1)O[C@H]1C[C@H]3[C@@H]4CC=C5C[C@@H](O[C@@H]6O[C@H](CO)[C@@H](O[C@@H]7O[C@@H](C)[C@H](O[C@@H]8O[C@@H](C)[C@H](O)[C@@H](O)[C@H]8O)[C@@H](O[C@@H]8O[C@@H](C)[C@H](O)[C@@H](O)[C@H]8O)[C@H]7O)[C@H](O)[C@H]6O)CC[C@]5(C)[C@H]4CC[C@]3(C)[C@H]1[C@@H]2C. The van der Waals surface area contributed by atoms with E-state index in [4.69, 9.17) is 47.4 Å². The van der Waals surface area contributed by atoms with Gasteiger partial charge in [-0.1, -0.05) is 39.3 Å². The average molecular weight is 1020 g/mol. The van der Waals surface area contributed by atoms with Crippen LogP contribution < -0.4 is 0 Å². The summed E-state index contributed by atoms with van der Waals surface area (Å²) in [6.07, 6.45) is -19.2. The summed E-state index contributed by atoms with van der Waals surface area (Å²) in [6.45, 7) is 14.1. The van der Waals surface area contributed by atoms with Gasteiger partial charge in [0.15, 0.2) is 30.9 Å². The van der Waals surface area contributed by atoms with E-state index < -0.39 is 135 Å². The van der Waals surface area contributed by atoms with Crippen LogP contribution in [-0.4, -0.2) is 205 Å². The van der Waals surface area contributed by atoms with Crippen LogP contribution in [0.3, 0.4) is 0 Å². The highest BCUT2D eigenvalue weighted by atomic mass is 16.8. The van der Waals surface area contributed by atoms with Crippen LogP contribution in [-0.2, 0) is 47.4 Å². The van der Waals surface area contributed by atoms with Crippen LogP contribution in [0.15, 0.2) is 11.6 Å². The summed E-state index contributed by atoms with van der Waals surface area (Å²) in [5.41, 5.74) is 1.54. The molecular weight excluding hydrogens is 933 g/mol. The highest BCUT2D eigenvalue weighted by molar-refractivity contribution is 5.26. The van der Waals surface area contributed by atoms with E-state index in [1.165, 1.54) is 32.8 Å². The Labute approximate surface area is 415 Å². The molecular formula is C51H82O20. The zero-order valence-electron chi connectivity index (χ0n) is 42.1. The zero-order chi connectivity index (χ0) is 50.8. The molecule has 10 aliphatic rings. The number of fused-ring (bicyclic) bond motifs is 7. The van der Waals surface area contributed by atoms with Gasteiger partial charge in [0.25, 0.3) is 0 Å². The largest absolute Gasteiger partial charge is 0.394 e. The third-order valence-electron chi connectivity index (χ3n) is 19.7. The van der Waals surface area contributed by atoms with Crippen LogP contribution in [0.5, 0.6) is 0 Å². The topological polar surface area (TPSA) is 295 Å². The summed E-state index contributed by atoms with van der Waals surface area (Å²) < 4.78 is 61.9. The van der Waals surface area contributed by atoms with Crippen LogP contribution in [0.25, 0.3) is 0 Å². The van der Waals surface area contributed by atoms with Gasteiger partial charge in [-0.3, -0.25) is 0 Å². The second-order valence-electron chi connectivity index (χ2n) is 23.8. The quantitative estimate of drug-likeness (QED) is 0.137. The predicted octanol–water partition coefficient (Wildman–Crippen LogP) is 0.0935. The van der Waals surface area contributed by atoms with Crippen molar-refractivity contribution in [3.05, 3.63) is 11.6 Å². The van der Waals surface area contributed by atoms with Crippen molar-refractivity contribution in [2.45, 2.75) is 247 Å². The van der Waals surface area contributed by atoms with Gasteiger partial charge in [-0.25, -0.2) is 0 Å². The molecule has 0 radical (unpaired) electrons. The normalized spacial score (nSPS) is 58.4. The minimum Gasteiger partial charge on any atom is -0.394 e. The van der Waals surface area contributed by atoms with Gasteiger partial charge < -0.3 is 98.4 Å². The first-order chi connectivity index (χ1) is 33.6. The minimum absolute atomic E-state index is 0.00819. The van der Waals surface area contributed by atoms with Crippen LogP contribution in [0, 0.1) is 46.3 Å². The molecule has 31 atom stereocenters. The number of allylic oxidation sites excluding steroid dienone is 1. The summed E-state index contributed by atoms with van der Waals surface area (Å²) >= 11 is 0. The van der Waals surface area contributed by atoms with Gasteiger partial charge in [-0.05, 0) is 113 Å². The summed E-state index contributed by atoms with van der Waals surface area (Å²) in [6, 6.07) is 0. The Bertz CT molecular complexity index is 1890. The lowest BCUT2D eigenvalue weighted by atomic mass is 9.47. The van der Waals surface area contributed by atoms with Crippen molar-refractivity contribution in [1.82, 2.24) is 0 Å². The van der Waals surface area contributed by atoms with Gasteiger partial charge in [0.2, 0.25) is 0 Å². The van der Waals surface area contributed by atoms with E-state index in [0.29, 0.717) is 48.3 Å². The van der Waals surface area contributed by atoms with E-state index in [1.807, 2.05) is 0 Å². The molecule has 0 amide bonds. The second-order valence-corrected chi connectivity index (χ2v) is 23.8. The smallest absolute Gasteiger partial charge is 0.187 e. The minimum atomic E-state index is -1.87. The maximum atomic E-state index is 11.9. The molecule has 9 fully saturated rings. The summed E-state index contributed by atoms with van der Waals surface area (Å²) in [4.78, 5) is 0. The lowest BCUT2D eigenvalue weighted by molar-refractivity contribution is -0.395. The van der Waals surface area contributed by atoms with E-state index in [9.17, 15) is 51.1 Å². The highest BCUT2D eigenvalue weighted by Gasteiger charge is 2.69. The molecule has 6 heterocycles. The van der Waals surface area contributed by atoms with Crippen molar-refractivity contribution < 1.29 is 98.4 Å². The Morgan fingerprint density at radius 2 is 1.18 bits per heavy atom. The molecule has 0 aromatic heterocycles. The Morgan fingerprint density at radius 1 is 0.592 bits per heavy atom. The first-order valence-electron chi connectivity index (χ1n) is 26.6. The fourth-order valence-corrected chi connectivity index (χ4v) is 15.4. The van der Waals surface area contributed by atoms with Crippen molar-refractivity contribution in [3.63, 3.8) is 0 Å². The fraction of sp³-hybridized carbons (Fsp3) is 0.961. The van der Waals surface area contributed by atoms with E-state index in [0.717, 1.165) is 45.1 Å². The molecule has 10 N–H and O–H groups in total. The van der Waals surface area contributed by atoms with E-state index in [1.54, 1.807) is 0 Å². The third-order valence-corrected chi connectivity index (χ3v) is 19.7. The Hall–Kier alpha value is -1.06. The van der Waals surface area contributed by atoms with Crippen molar-refractivity contribution in [2.24, 2.45) is 46.3 Å². The summed E-state index contributed by atoms with van der Waals surface area (Å²) in [5.74, 6) is 2.63. The Kier molecular flexibility index (Phi) is 15.1. The molecule has 10 rings (SSSR count). The maximum absolute atomic E-state index is 11.9. The lowest BCUT2D eigenvalue weighted by Gasteiger charge is -2.58. The average Bonchev–Trinajstić information content (AvgIpc) is 3.79. The lowest BCUT2D eigenvalue weighted by Crippen LogP contribution is -2.67. The van der Waals surface area contributed by atoms with E-state index in [2.05, 4.69) is 33.8 Å². The molecule has 0 bridgehead atoms. The molecule has 6 saturated heterocycles. The van der Waals surface area contributed by atoms with Gasteiger partial charge in [0, 0.05) is 12.3 Å². The van der Waals surface area contributed by atoms with Crippen molar-refractivity contribution in [2.75, 3.05) is 13.2 Å². The van der Waals surface area contributed by atoms with Crippen molar-refractivity contribution in [3.8, 4) is 0 Å². The third kappa shape index (κ3) is 9.03. The van der Waals surface area contributed by atoms with E-state index in [-0.39, 0.29) is 23.0 Å². The number of ether oxygens (including phenoxy) is 10. The number of aliphatic hydroxyl groups is 10. The molecule has 1 spiro atoms. The van der Waals surface area contributed by atoms with Crippen LogP contribution in [0.1, 0.15) is 106 Å². The molecule has 71 heavy (non-hydrogen) atoms. The Balaban J connectivity index is 0.794. The molecule has 4 aliphatic carbocycles. The Morgan fingerprint density at radius 3 is 1.82 bits per heavy atom. The molecule has 20 heteroatoms. The first kappa shape index (κ1) is 53.3. The first-order valence-corrected chi connectivity index (χ1v) is 26.6. The van der Waals surface area contributed by atoms with Gasteiger partial charge in [-0.2, -0.15) is 0 Å². The van der Waals surface area contributed by atoms with Crippen LogP contribution >= 0.6 is 0 Å². The molecule has 6 aliphatic heterocycles. The van der Waals surface area contributed by atoms with Crippen LogP contribution in [0.2, 0.25) is 0 Å². The second kappa shape index (κ2) is 20.1. The highest BCUT2D eigenvalue weighted by Crippen LogP contribution is 2.70. The van der Waals surface area contributed by atoms with Gasteiger partial charge in [-0.15, -0.1) is 0 Å². The molecule has 0 aromatic rings. The molecule has 1 unspecified atom stereocenters. The standard InChI is InChI=1S/C51H82O20/c1-20-10-15-51(62-19-20)21(2)32-30(71-51)17-29-27-9-8-25-16-26(11-13-49(25,6)28(27)12-14-50(29,32)7)66-47-40(60)37(57)43(31(18-52)67-47)69-48-41(61)44(70-46-39(59)36(56)34(54)23(4)64-46)42(24(5)65-48)68-45-38(58)35(55)33(53)22(3)63-45/h8,20-24,26-48,52-61H,9-19H2,1-7H3/t20?,21-,22-,23-,24-,26-,27+,28-,29-,30-,31+,32-,33-,34-,35+,36+,37+,38+,39+,40+,41+,42-,43+,44-,45-,46-,47+,48-,49-,50-,51+/m0/s1. The maximum Gasteiger partial charge on any atom is 0.187 e. The van der Waals surface area contributed by atoms with Gasteiger partial charge >= 0.3 is 0 Å². The predicted molar refractivity (Wildman–Crippen MR) is 244 cm³/mol. The molecule has 20 nitrogen and oxygen atoms in total. The number of hydrogen-bond acceptors (Lipinski definition) is 20. The van der Waals surface area contributed by atoms with E-state index >= 15 is 0 Å². The van der Waals surface area contributed by atoms with Crippen LogP contribution in [0.4, 0.5) is 0 Å². The number of rotatable bonds is 9. The molecule has 0 aromatic carbocycles. The zero-order valence-corrected chi connectivity index (χ0v) is 42.1. The molecule has 3 saturated carbocycles. The van der Waals surface area contributed by atoms with Crippen molar-refractivity contribution >= 4 is 0 Å². The van der Waals surface area contributed by atoms with Crippen molar-refractivity contribution in [1.29, 1.82) is 0 Å².